The first kappa shape index (κ1) is 16.6. The number of nitrogens with one attached hydrogen (secondary N) is 1. The fraction of sp³-hybridized carbons (Fsp3) is 0.0667. The second-order valence-electron chi connectivity index (χ2n) is 4.70. The van der Waals surface area contributed by atoms with Gasteiger partial charge in [0.25, 0.3) is 0 Å². The summed E-state index contributed by atoms with van der Waals surface area (Å²) < 4.78 is 15.6. The van der Waals surface area contributed by atoms with Crippen LogP contribution in [0.3, 0.4) is 0 Å². The number of tetrazole rings is 1. The third-order valence-electron chi connectivity index (χ3n) is 2.95. The number of benzene rings is 2. The number of hydrogen-bond donors (Lipinski definition) is 1. The number of anilines is 1. The van der Waals surface area contributed by atoms with Gasteiger partial charge in [0.05, 0.1) is 11.4 Å². The van der Waals surface area contributed by atoms with Gasteiger partial charge in [-0.1, -0.05) is 33.8 Å². The number of hydrogen-bond acceptors (Lipinski definition) is 5. The zero-order valence-electron chi connectivity index (χ0n) is 12.2. The molecule has 0 spiro atoms. The fourth-order valence-electron chi connectivity index (χ4n) is 1.91. The zero-order valence-corrected chi connectivity index (χ0v) is 14.6. The summed E-state index contributed by atoms with van der Waals surface area (Å²) in [5, 5.41) is 14.6. The molecule has 2 aromatic carbocycles. The minimum atomic E-state index is -0.403. The predicted octanol–water partition coefficient (Wildman–Crippen LogP) is 3.29. The third-order valence-corrected chi connectivity index (χ3v) is 4.40. The van der Waals surface area contributed by atoms with Crippen molar-refractivity contribution in [2.24, 2.45) is 0 Å². The lowest BCUT2D eigenvalue weighted by Crippen LogP contribution is -2.14. The summed E-state index contributed by atoms with van der Waals surface area (Å²) in [7, 11) is 0. The lowest BCUT2D eigenvalue weighted by Gasteiger charge is -2.06. The molecule has 9 heteroatoms. The first-order valence-electron chi connectivity index (χ1n) is 6.84. The maximum Gasteiger partial charge on any atom is 0.234 e. The number of rotatable bonds is 5. The van der Waals surface area contributed by atoms with Gasteiger partial charge in [-0.25, -0.2) is 4.39 Å². The van der Waals surface area contributed by atoms with E-state index < -0.39 is 5.82 Å². The standard InChI is InChI=1S/C15H11BrFN5OS/c16-10-4-6-13(7-5-10)22-15(19-20-21-22)24-9-14(23)18-12-3-1-2-11(17)8-12/h1-8H,9H2,(H,18,23). The predicted molar refractivity (Wildman–Crippen MR) is 92.6 cm³/mol. The van der Waals surface area contributed by atoms with E-state index in [4.69, 9.17) is 0 Å². The Bertz CT molecular complexity index is 855. The quantitative estimate of drug-likeness (QED) is 0.656. The van der Waals surface area contributed by atoms with E-state index in [0.29, 0.717) is 10.8 Å². The minimum absolute atomic E-state index is 0.105. The molecule has 0 bridgehead atoms. The third kappa shape index (κ3) is 4.18. The number of thioether (sulfide) groups is 1. The van der Waals surface area contributed by atoms with Crippen LogP contribution in [-0.2, 0) is 4.79 Å². The molecule has 1 N–H and O–H groups in total. The van der Waals surface area contributed by atoms with Gasteiger partial charge in [0.1, 0.15) is 5.82 Å². The van der Waals surface area contributed by atoms with E-state index in [1.165, 1.54) is 30.0 Å². The summed E-state index contributed by atoms with van der Waals surface area (Å²) >= 11 is 4.56. The van der Waals surface area contributed by atoms with Gasteiger partial charge in [0, 0.05) is 10.2 Å². The van der Waals surface area contributed by atoms with Crippen LogP contribution in [0, 0.1) is 5.82 Å². The average Bonchev–Trinajstić information content (AvgIpc) is 3.02. The van der Waals surface area contributed by atoms with Gasteiger partial charge in [-0.2, -0.15) is 4.68 Å². The van der Waals surface area contributed by atoms with Crippen molar-refractivity contribution in [1.82, 2.24) is 20.2 Å². The van der Waals surface area contributed by atoms with Crippen LogP contribution in [0.1, 0.15) is 0 Å². The largest absolute Gasteiger partial charge is 0.325 e. The molecule has 0 aliphatic heterocycles. The molecule has 0 unspecified atom stereocenters. The number of amides is 1. The number of carbonyl (C=O) groups excluding carboxylic acids is 1. The molecule has 122 valence electrons. The van der Waals surface area contributed by atoms with Crippen LogP contribution in [-0.4, -0.2) is 31.9 Å². The molecule has 0 fully saturated rings. The molecule has 3 aromatic rings. The van der Waals surface area contributed by atoms with Gasteiger partial charge >= 0.3 is 0 Å². The fourth-order valence-corrected chi connectivity index (χ4v) is 2.86. The molecular weight excluding hydrogens is 397 g/mol. The molecular formula is C15H11BrFN5OS. The summed E-state index contributed by atoms with van der Waals surface area (Å²) in [6.07, 6.45) is 0. The monoisotopic (exact) mass is 407 g/mol. The Labute approximate surface area is 149 Å². The molecule has 0 saturated heterocycles. The lowest BCUT2D eigenvalue weighted by atomic mass is 10.3. The van der Waals surface area contributed by atoms with Gasteiger partial charge < -0.3 is 5.32 Å². The van der Waals surface area contributed by atoms with Gasteiger partial charge in [0.15, 0.2) is 0 Å². The second kappa shape index (κ2) is 7.54. The number of carbonyl (C=O) groups is 1. The van der Waals surface area contributed by atoms with E-state index in [1.807, 2.05) is 24.3 Å². The number of halogens is 2. The first-order valence-corrected chi connectivity index (χ1v) is 8.62. The molecule has 0 radical (unpaired) electrons. The van der Waals surface area contributed by atoms with Crippen molar-refractivity contribution in [1.29, 1.82) is 0 Å². The SMILES string of the molecule is O=C(CSc1nnnn1-c1ccc(Br)cc1)Nc1cccc(F)c1. The summed E-state index contributed by atoms with van der Waals surface area (Å²) in [6, 6.07) is 13.2. The smallest absolute Gasteiger partial charge is 0.234 e. The second-order valence-corrected chi connectivity index (χ2v) is 6.56. The highest BCUT2D eigenvalue weighted by atomic mass is 79.9. The summed E-state index contributed by atoms with van der Waals surface area (Å²) in [5.74, 6) is -0.566. The zero-order chi connectivity index (χ0) is 16.9. The van der Waals surface area contributed by atoms with E-state index in [-0.39, 0.29) is 11.7 Å². The maximum atomic E-state index is 13.1. The van der Waals surface area contributed by atoms with Crippen molar-refractivity contribution >= 4 is 39.3 Å². The first-order chi connectivity index (χ1) is 11.6. The van der Waals surface area contributed by atoms with Crippen molar-refractivity contribution in [2.75, 3.05) is 11.1 Å². The summed E-state index contributed by atoms with van der Waals surface area (Å²) in [6.45, 7) is 0. The highest BCUT2D eigenvalue weighted by molar-refractivity contribution is 9.10. The van der Waals surface area contributed by atoms with Gasteiger partial charge in [-0.15, -0.1) is 5.10 Å². The van der Waals surface area contributed by atoms with Crippen molar-refractivity contribution in [3.8, 4) is 5.69 Å². The Morgan fingerprint density at radius 2 is 2.04 bits per heavy atom. The van der Waals surface area contributed by atoms with Crippen molar-refractivity contribution in [2.45, 2.75) is 5.16 Å². The molecule has 0 aliphatic rings. The molecule has 1 amide bonds. The number of nitrogens with zero attached hydrogens (tertiary/aromatic N) is 4. The Hall–Kier alpha value is -2.26. The minimum Gasteiger partial charge on any atom is -0.325 e. The van der Waals surface area contributed by atoms with Crippen molar-refractivity contribution in [3.63, 3.8) is 0 Å². The van der Waals surface area contributed by atoms with E-state index in [9.17, 15) is 9.18 Å². The average molecular weight is 408 g/mol. The van der Waals surface area contributed by atoms with Crippen LogP contribution in [0.5, 0.6) is 0 Å². The highest BCUT2D eigenvalue weighted by Gasteiger charge is 2.12. The van der Waals surface area contributed by atoms with Crippen LogP contribution in [0.2, 0.25) is 0 Å². The topological polar surface area (TPSA) is 72.7 Å². The Balaban J connectivity index is 1.64. The van der Waals surface area contributed by atoms with Crippen LogP contribution in [0.25, 0.3) is 5.69 Å². The van der Waals surface area contributed by atoms with Crippen molar-refractivity contribution in [3.05, 3.63) is 58.8 Å². The van der Waals surface area contributed by atoms with Gasteiger partial charge in [-0.05, 0) is 52.9 Å². The van der Waals surface area contributed by atoms with Crippen LogP contribution < -0.4 is 5.32 Å². The van der Waals surface area contributed by atoms with Crippen molar-refractivity contribution < 1.29 is 9.18 Å². The van der Waals surface area contributed by atoms with Gasteiger partial charge in [-0.3, -0.25) is 4.79 Å². The Morgan fingerprint density at radius 3 is 2.79 bits per heavy atom. The Morgan fingerprint density at radius 1 is 1.25 bits per heavy atom. The molecule has 1 aromatic heterocycles. The van der Waals surface area contributed by atoms with Gasteiger partial charge in [0.2, 0.25) is 11.1 Å². The molecule has 24 heavy (non-hydrogen) atoms. The van der Waals surface area contributed by atoms with E-state index in [0.717, 1.165) is 10.2 Å². The highest BCUT2D eigenvalue weighted by Crippen LogP contribution is 2.20. The number of aromatic nitrogens is 4. The van der Waals surface area contributed by atoms with Crippen LogP contribution in [0.4, 0.5) is 10.1 Å². The van der Waals surface area contributed by atoms with E-state index in [2.05, 4.69) is 36.8 Å². The molecule has 0 aliphatic carbocycles. The van der Waals surface area contributed by atoms with E-state index in [1.54, 1.807) is 10.7 Å². The molecule has 6 nitrogen and oxygen atoms in total. The molecule has 0 saturated carbocycles. The molecule has 0 atom stereocenters. The maximum absolute atomic E-state index is 13.1. The lowest BCUT2D eigenvalue weighted by molar-refractivity contribution is -0.113. The summed E-state index contributed by atoms with van der Waals surface area (Å²) in [5.41, 5.74) is 1.20. The van der Waals surface area contributed by atoms with E-state index >= 15 is 0 Å². The summed E-state index contributed by atoms with van der Waals surface area (Å²) in [4.78, 5) is 12.0. The Kier molecular flexibility index (Phi) is 5.21. The van der Waals surface area contributed by atoms with Crippen LogP contribution >= 0.6 is 27.7 Å². The molecule has 3 rings (SSSR count). The van der Waals surface area contributed by atoms with Crippen LogP contribution in [0.15, 0.2) is 58.2 Å². The normalized spacial score (nSPS) is 10.6. The molecule has 1 heterocycles.